The van der Waals surface area contributed by atoms with Crippen molar-refractivity contribution in [2.75, 3.05) is 78.5 Å². The van der Waals surface area contributed by atoms with Gasteiger partial charge < -0.3 is 30.0 Å². The van der Waals surface area contributed by atoms with E-state index in [0.717, 1.165) is 45.6 Å². The maximum Gasteiger partial charge on any atom is 0.317 e. The second kappa shape index (κ2) is 15.1. The molecule has 0 unspecified atom stereocenters. The zero-order valence-corrected chi connectivity index (χ0v) is 18.2. The average molecular weight is 431 g/mol. The number of rotatable bonds is 9. The summed E-state index contributed by atoms with van der Waals surface area (Å²) in [6.07, 6.45) is 1.82. The summed E-state index contributed by atoms with van der Waals surface area (Å²) in [5, 5.41) is 27.2. The number of nitrogens with zero attached hydrogens (tertiary/aromatic N) is 4. The molecule has 1 saturated heterocycles. The Morgan fingerprint density at radius 3 is 1.43 bits per heavy atom. The van der Waals surface area contributed by atoms with Gasteiger partial charge in [-0.25, -0.2) is 0 Å². The summed E-state index contributed by atoms with van der Waals surface area (Å²) in [6, 6.07) is 0. The second-order valence-corrected chi connectivity index (χ2v) is 7.78. The normalized spacial score (nSPS) is 19.9. The molecule has 1 aliphatic rings. The Bertz CT molecular complexity index is 533. The van der Waals surface area contributed by atoms with Crippen molar-refractivity contribution in [1.82, 2.24) is 19.6 Å². The molecular formula is C20H38N4O6. The monoisotopic (exact) mass is 430 g/mol. The molecule has 3 N–H and O–H groups in total. The lowest BCUT2D eigenvalue weighted by molar-refractivity contribution is -0.139. The van der Waals surface area contributed by atoms with Gasteiger partial charge in [0.05, 0.1) is 19.4 Å². The van der Waals surface area contributed by atoms with E-state index in [4.69, 9.17) is 10.2 Å². The first kappa shape index (κ1) is 26.3. The molecule has 10 heteroatoms. The molecule has 1 rings (SSSR count). The van der Waals surface area contributed by atoms with Crippen molar-refractivity contribution in [3.05, 3.63) is 0 Å². The van der Waals surface area contributed by atoms with Gasteiger partial charge in [-0.15, -0.1) is 0 Å². The van der Waals surface area contributed by atoms with Gasteiger partial charge >= 0.3 is 17.9 Å². The molecular weight excluding hydrogens is 392 g/mol. The zero-order valence-electron chi connectivity index (χ0n) is 18.2. The van der Waals surface area contributed by atoms with Crippen LogP contribution in [-0.4, -0.2) is 131 Å². The standard InChI is InChI=1S/C20H38N4O6/c1-2-21-7-3-10-24(17-20(29)30)16-15-23(12-6-19(27)28)9-4-8-22(14-13-21)11-5-18(25)26/h2-17H2,1H3,(H,25,26)(H,27,28)(H,29,30). The predicted octanol–water partition coefficient (Wildman–Crippen LogP) is 0.0421. The van der Waals surface area contributed by atoms with Crippen LogP contribution in [0.15, 0.2) is 0 Å². The molecule has 0 aromatic rings. The molecule has 0 saturated carbocycles. The van der Waals surface area contributed by atoms with E-state index in [1.165, 1.54) is 0 Å². The highest BCUT2D eigenvalue weighted by Gasteiger charge is 2.16. The maximum absolute atomic E-state index is 11.2. The van der Waals surface area contributed by atoms with Crippen molar-refractivity contribution < 1.29 is 29.7 Å². The molecule has 0 aromatic heterocycles. The van der Waals surface area contributed by atoms with E-state index in [9.17, 15) is 19.5 Å². The summed E-state index contributed by atoms with van der Waals surface area (Å²) < 4.78 is 0. The molecule has 1 heterocycles. The summed E-state index contributed by atoms with van der Waals surface area (Å²) in [7, 11) is 0. The number of hydrogen-bond acceptors (Lipinski definition) is 7. The number of aliphatic carboxylic acids is 3. The molecule has 0 aromatic carbocycles. The zero-order chi connectivity index (χ0) is 22.4. The van der Waals surface area contributed by atoms with E-state index in [-0.39, 0.29) is 19.4 Å². The van der Waals surface area contributed by atoms with Gasteiger partial charge in [0.2, 0.25) is 0 Å². The van der Waals surface area contributed by atoms with Crippen LogP contribution in [0.4, 0.5) is 0 Å². The largest absolute Gasteiger partial charge is 0.481 e. The van der Waals surface area contributed by atoms with Crippen molar-refractivity contribution in [2.45, 2.75) is 32.6 Å². The van der Waals surface area contributed by atoms with Gasteiger partial charge in [-0.05, 0) is 39.0 Å². The minimum Gasteiger partial charge on any atom is -0.481 e. The first-order chi connectivity index (χ1) is 14.3. The van der Waals surface area contributed by atoms with Crippen molar-refractivity contribution >= 4 is 17.9 Å². The number of carboxylic acid groups (broad SMARTS) is 3. The molecule has 0 amide bonds. The lowest BCUT2D eigenvalue weighted by Crippen LogP contribution is -2.43. The van der Waals surface area contributed by atoms with Crippen LogP contribution < -0.4 is 0 Å². The van der Waals surface area contributed by atoms with Gasteiger partial charge in [-0.3, -0.25) is 19.3 Å². The van der Waals surface area contributed by atoms with E-state index in [1.54, 1.807) is 0 Å². The predicted molar refractivity (Wildman–Crippen MR) is 113 cm³/mol. The first-order valence-electron chi connectivity index (χ1n) is 10.8. The summed E-state index contributed by atoms with van der Waals surface area (Å²) in [5.74, 6) is -2.50. The molecule has 174 valence electrons. The Morgan fingerprint density at radius 2 is 1.00 bits per heavy atom. The van der Waals surface area contributed by atoms with Crippen LogP contribution in [-0.2, 0) is 14.4 Å². The Balaban J connectivity index is 2.78. The van der Waals surface area contributed by atoms with E-state index in [1.807, 2.05) is 4.90 Å². The Labute approximate surface area is 179 Å². The quantitative estimate of drug-likeness (QED) is 0.462. The van der Waals surface area contributed by atoms with Crippen LogP contribution in [0.3, 0.4) is 0 Å². The van der Waals surface area contributed by atoms with Gasteiger partial charge in [0.15, 0.2) is 0 Å². The highest BCUT2D eigenvalue weighted by Crippen LogP contribution is 2.04. The molecule has 0 bridgehead atoms. The van der Waals surface area contributed by atoms with Gasteiger partial charge in [0.1, 0.15) is 0 Å². The highest BCUT2D eigenvalue weighted by molar-refractivity contribution is 5.69. The van der Waals surface area contributed by atoms with Crippen LogP contribution in [0.25, 0.3) is 0 Å². The van der Waals surface area contributed by atoms with Crippen LogP contribution in [0, 0.1) is 0 Å². The molecule has 1 aliphatic heterocycles. The van der Waals surface area contributed by atoms with E-state index >= 15 is 0 Å². The molecule has 10 nitrogen and oxygen atoms in total. The fraction of sp³-hybridized carbons (Fsp3) is 0.850. The molecule has 0 atom stereocenters. The molecule has 1 fully saturated rings. The van der Waals surface area contributed by atoms with Crippen molar-refractivity contribution in [3.63, 3.8) is 0 Å². The molecule has 0 spiro atoms. The smallest absolute Gasteiger partial charge is 0.317 e. The topological polar surface area (TPSA) is 125 Å². The third-order valence-electron chi connectivity index (χ3n) is 5.45. The fourth-order valence-electron chi connectivity index (χ4n) is 3.67. The number of hydrogen-bond donors (Lipinski definition) is 3. The summed E-state index contributed by atoms with van der Waals surface area (Å²) in [5.41, 5.74) is 0. The molecule has 0 radical (unpaired) electrons. The van der Waals surface area contributed by atoms with Crippen LogP contribution in [0.2, 0.25) is 0 Å². The second-order valence-electron chi connectivity index (χ2n) is 7.78. The van der Waals surface area contributed by atoms with Crippen molar-refractivity contribution in [1.29, 1.82) is 0 Å². The minimum atomic E-state index is -0.852. The van der Waals surface area contributed by atoms with Crippen LogP contribution in [0.5, 0.6) is 0 Å². The van der Waals surface area contributed by atoms with Gasteiger partial charge in [-0.2, -0.15) is 0 Å². The Morgan fingerprint density at radius 1 is 0.600 bits per heavy atom. The number of carboxylic acids is 3. The molecule has 0 aliphatic carbocycles. The third kappa shape index (κ3) is 12.7. The van der Waals surface area contributed by atoms with Crippen molar-refractivity contribution in [3.8, 4) is 0 Å². The lowest BCUT2D eigenvalue weighted by atomic mass is 10.2. The van der Waals surface area contributed by atoms with E-state index < -0.39 is 17.9 Å². The minimum absolute atomic E-state index is 0.0120. The van der Waals surface area contributed by atoms with Crippen molar-refractivity contribution in [2.24, 2.45) is 0 Å². The van der Waals surface area contributed by atoms with Gasteiger partial charge in [0, 0.05) is 45.8 Å². The third-order valence-corrected chi connectivity index (χ3v) is 5.45. The maximum atomic E-state index is 11.2. The summed E-state index contributed by atoms with van der Waals surface area (Å²) in [6.45, 7) is 9.75. The Hall–Kier alpha value is -1.75. The lowest BCUT2D eigenvalue weighted by Gasteiger charge is -2.31. The van der Waals surface area contributed by atoms with Gasteiger partial charge in [-0.1, -0.05) is 6.92 Å². The van der Waals surface area contributed by atoms with Crippen LogP contribution >= 0.6 is 0 Å². The molecule has 30 heavy (non-hydrogen) atoms. The number of likely N-dealkylation sites (N-methyl/N-ethyl adjacent to an activating group) is 1. The fourth-order valence-corrected chi connectivity index (χ4v) is 3.67. The Kier molecular flexibility index (Phi) is 13.2. The first-order valence-corrected chi connectivity index (χ1v) is 10.8. The average Bonchev–Trinajstić information content (AvgIpc) is 2.67. The van der Waals surface area contributed by atoms with E-state index in [2.05, 4.69) is 21.6 Å². The van der Waals surface area contributed by atoms with E-state index in [0.29, 0.717) is 39.3 Å². The SMILES string of the molecule is CCN1CCCN(CC(=O)O)CCN(CCC(=O)O)CCCN(CCC(=O)O)CC1. The number of carbonyl (C=O) groups is 3. The summed E-state index contributed by atoms with van der Waals surface area (Å²) >= 11 is 0. The van der Waals surface area contributed by atoms with Gasteiger partial charge in [0.25, 0.3) is 0 Å². The highest BCUT2D eigenvalue weighted by atomic mass is 16.4. The van der Waals surface area contributed by atoms with Crippen LogP contribution in [0.1, 0.15) is 32.6 Å². The summed E-state index contributed by atoms with van der Waals surface area (Å²) in [4.78, 5) is 41.7.